The highest BCUT2D eigenvalue weighted by Gasteiger charge is 2.19. The van der Waals surface area contributed by atoms with Crippen molar-refractivity contribution in [3.8, 4) is 5.75 Å². The summed E-state index contributed by atoms with van der Waals surface area (Å²) in [6, 6.07) is 5.48. The number of carbonyl (C=O) groups is 1. The zero-order chi connectivity index (χ0) is 13.8. The number of benzene rings is 1. The van der Waals surface area contributed by atoms with Gasteiger partial charge in [-0.15, -0.1) is 0 Å². The SMILES string of the molecule is CC(C)Oc1cc(Br)ccc1C(=O)NCC1CNC1. The molecule has 0 spiro atoms. The highest BCUT2D eigenvalue weighted by Crippen LogP contribution is 2.24. The van der Waals surface area contributed by atoms with Crippen LogP contribution in [0.2, 0.25) is 0 Å². The first-order valence-electron chi connectivity index (χ1n) is 6.51. The van der Waals surface area contributed by atoms with E-state index in [9.17, 15) is 4.79 Å². The fourth-order valence-corrected chi connectivity index (χ4v) is 2.20. The lowest BCUT2D eigenvalue weighted by Crippen LogP contribution is -2.48. The second-order valence-corrected chi connectivity index (χ2v) is 5.96. The number of carbonyl (C=O) groups excluding carboxylic acids is 1. The lowest BCUT2D eigenvalue weighted by Gasteiger charge is -2.27. The molecule has 0 aromatic heterocycles. The maximum atomic E-state index is 12.2. The van der Waals surface area contributed by atoms with Crippen LogP contribution in [-0.4, -0.2) is 31.6 Å². The molecule has 1 aromatic rings. The van der Waals surface area contributed by atoms with E-state index < -0.39 is 0 Å². The summed E-state index contributed by atoms with van der Waals surface area (Å²) < 4.78 is 6.60. The molecule has 1 aliphatic heterocycles. The Morgan fingerprint density at radius 3 is 2.84 bits per heavy atom. The molecule has 19 heavy (non-hydrogen) atoms. The van der Waals surface area contributed by atoms with Gasteiger partial charge in [0.05, 0.1) is 11.7 Å². The average molecular weight is 327 g/mol. The minimum absolute atomic E-state index is 0.0386. The van der Waals surface area contributed by atoms with Gasteiger partial charge in [-0.2, -0.15) is 0 Å². The summed E-state index contributed by atoms with van der Waals surface area (Å²) in [7, 11) is 0. The predicted octanol–water partition coefficient (Wildman–Crippen LogP) is 2.19. The molecule has 1 amide bonds. The Morgan fingerprint density at radius 2 is 2.26 bits per heavy atom. The number of rotatable bonds is 5. The van der Waals surface area contributed by atoms with Crippen molar-refractivity contribution in [3.05, 3.63) is 28.2 Å². The molecule has 1 saturated heterocycles. The van der Waals surface area contributed by atoms with Gasteiger partial charge in [0.25, 0.3) is 5.91 Å². The quantitative estimate of drug-likeness (QED) is 0.872. The van der Waals surface area contributed by atoms with Crippen LogP contribution in [0.1, 0.15) is 24.2 Å². The molecule has 0 radical (unpaired) electrons. The Labute approximate surface area is 122 Å². The van der Waals surface area contributed by atoms with Gasteiger partial charge < -0.3 is 15.4 Å². The van der Waals surface area contributed by atoms with E-state index in [0.29, 0.717) is 23.8 Å². The van der Waals surface area contributed by atoms with Crippen LogP contribution in [0.3, 0.4) is 0 Å². The third-order valence-corrected chi connectivity index (χ3v) is 3.46. The van der Waals surface area contributed by atoms with E-state index in [2.05, 4.69) is 26.6 Å². The third kappa shape index (κ3) is 3.94. The van der Waals surface area contributed by atoms with E-state index in [-0.39, 0.29) is 12.0 Å². The Hall–Kier alpha value is -1.07. The Kier molecular flexibility index (Phi) is 4.82. The van der Waals surface area contributed by atoms with E-state index in [0.717, 1.165) is 17.6 Å². The zero-order valence-corrected chi connectivity index (χ0v) is 12.8. The molecule has 4 nitrogen and oxygen atoms in total. The zero-order valence-electron chi connectivity index (χ0n) is 11.2. The van der Waals surface area contributed by atoms with Gasteiger partial charge in [0.1, 0.15) is 5.75 Å². The Bertz CT molecular complexity index is 459. The maximum absolute atomic E-state index is 12.2. The number of hydrogen-bond donors (Lipinski definition) is 2. The largest absolute Gasteiger partial charge is 0.490 e. The van der Waals surface area contributed by atoms with Crippen LogP contribution in [0.4, 0.5) is 0 Å². The smallest absolute Gasteiger partial charge is 0.255 e. The van der Waals surface area contributed by atoms with Crippen molar-refractivity contribution in [2.45, 2.75) is 20.0 Å². The molecule has 5 heteroatoms. The van der Waals surface area contributed by atoms with Gasteiger partial charge in [-0.3, -0.25) is 4.79 Å². The van der Waals surface area contributed by atoms with Crippen molar-refractivity contribution in [1.29, 1.82) is 0 Å². The fraction of sp³-hybridized carbons (Fsp3) is 0.500. The van der Waals surface area contributed by atoms with E-state index >= 15 is 0 Å². The lowest BCUT2D eigenvalue weighted by molar-refractivity contribution is 0.0936. The highest BCUT2D eigenvalue weighted by atomic mass is 79.9. The summed E-state index contributed by atoms with van der Waals surface area (Å²) in [5.41, 5.74) is 0.587. The number of hydrogen-bond acceptors (Lipinski definition) is 3. The highest BCUT2D eigenvalue weighted by molar-refractivity contribution is 9.10. The van der Waals surface area contributed by atoms with Crippen molar-refractivity contribution < 1.29 is 9.53 Å². The van der Waals surface area contributed by atoms with Crippen LogP contribution in [0, 0.1) is 5.92 Å². The number of halogens is 1. The molecule has 2 N–H and O–H groups in total. The van der Waals surface area contributed by atoms with Gasteiger partial charge in [0.2, 0.25) is 0 Å². The van der Waals surface area contributed by atoms with Gasteiger partial charge >= 0.3 is 0 Å². The molecule has 1 fully saturated rings. The van der Waals surface area contributed by atoms with E-state index in [4.69, 9.17) is 4.74 Å². The van der Waals surface area contributed by atoms with Crippen LogP contribution in [0.25, 0.3) is 0 Å². The first-order chi connectivity index (χ1) is 9.06. The molecule has 104 valence electrons. The number of nitrogens with one attached hydrogen (secondary N) is 2. The van der Waals surface area contributed by atoms with Gasteiger partial charge in [0.15, 0.2) is 0 Å². The fourth-order valence-electron chi connectivity index (χ4n) is 1.86. The first-order valence-corrected chi connectivity index (χ1v) is 7.30. The maximum Gasteiger partial charge on any atom is 0.255 e. The predicted molar refractivity (Wildman–Crippen MR) is 78.6 cm³/mol. The normalized spacial score (nSPS) is 15.2. The van der Waals surface area contributed by atoms with Crippen LogP contribution >= 0.6 is 15.9 Å². The summed E-state index contributed by atoms with van der Waals surface area (Å²) in [5, 5.41) is 6.15. The second kappa shape index (κ2) is 6.39. The molecule has 0 bridgehead atoms. The molecular formula is C14H19BrN2O2. The minimum atomic E-state index is -0.0740. The van der Waals surface area contributed by atoms with Gasteiger partial charge in [-0.05, 0) is 32.0 Å². The molecule has 1 aliphatic rings. The summed E-state index contributed by atoms with van der Waals surface area (Å²) in [6.07, 6.45) is 0.0386. The molecule has 0 aliphatic carbocycles. The second-order valence-electron chi connectivity index (χ2n) is 5.04. The molecule has 0 unspecified atom stereocenters. The van der Waals surface area contributed by atoms with Crippen LogP contribution < -0.4 is 15.4 Å². The lowest BCUT2D eigenvalue weighted by atomic mass is 10.0. The molecule has 0 saturated carbocycles. The van der Waals surface area contributed by atoms with Crippen molar-refractivity contribution in [2.75, 3.05) is 19.6 Å². The summed E-state index contributed by atoms with van der Waals surface area (Å²) in [5.74, 6) is 1.09. The number of amides is 1. The summed E-state index contributed by atoms with van der Waals surface area (Å²) in [4.78, 5) is 12.2. The molecule has 0 atom stereocenters. The monoisotopic (exact) mass is 326 g/mol. The molecular weight excluding hydrogens is 308 g/mol. The Morgan fingerprint density at radius 1 is 1.53 bits per heavy atom. The standard InChI is InChI=1S/C14H19BrN2O2/c1-9(2)19-13-5-11(15)3-4-12(13)14(18)17-8-10-6-16-7-10/h3-5,9-10,16H,6-8H2,1-2H3,(H,17,18). The summed E-state index contributed by atoms with van der Waals surface area (Å²) in [6.45, 7) is 6.57. The third-order valence-electron chi connectivity index (χ3n) is 2.97. The van der Waals surface area contributed by atoms with Crippen LogP contribution in [-0.2, 0) is 0 Å². The van der Waals surface area contributed by atoms with Crippen molar-refractivity contribution in [1.82, 2.24) is 10.6 Å². The van der Waals surface area contributed by atoms with Gasteiger partial charge in [0, 0.05) is 30.0 Å². The first kappa shape index (κ1) is 14.3. The van der Waals surface area contributed by atoms with Crippen molar-refractivity contribution >= 4 is 21.8 Å². The van der Waals surface area contributed by atoms with E-state index in [1.54, 1.807) is 6.07 Å². The molecule has 1 heterocycles. The topological polar surface area (TPSA) is 50.4 Å². The Balaban J connectivity index is 2.05. The molecule has 2 rings (SSSR count). The van der Waals surface area contributed by atoms with Crippen molar-refractivity contribution in [3.63, 3.8) is 0 Å². The van der Waals surface area contributed by atoms with E-state index in [1.807, 2.05) is 26.0 Å². The number of ether oxygens (including phenoxy) is 1. The van der Waals surface area contributed by atoms with Gasteiger partial charge in [-0.25, -0.2) is 0 Å². The van der Waals surface area contributed by atoms with Crippen LogP contribution in [0.5, 0.6) is 5.75 Å². The van der Waals surface area contributed by atoms with Crippen LogP contribution in [0.15, 0.2) is 22.7 Å². The minimum Gasteiger partial charge on any atom is -0.490 e. The van der Waals surface area contributed by atoms with Crippen molar-refractivity contribution in [2.24, 2.45) is 5.92 Å². The van der Waals surface area contributed by atoms with E-state index in [1.165, 1.54) is 0 Å². The molecule has 1 aromatic carbocycles. The van der Waals surface area contributed by atoms with Gasteiger partial charge in [-0.1, -0.05) is 15.9 Å². The average Bonchev–Trinajstić information content (AvgIpc) is 2.25. The summed E-state index contributed by atoms with van der Waals surface area (Å²) >= 11 is 3.40.